The molecular formula is C10H7F2NO3S. The van der Waals surface area contributed by atoms with Gasteiger partial charge < -0.3 is 4.42 Å². The molecule has 17 heavy (non-hydrogen) atoms. The topological polar surface area (TPSA) is 60.2 Å². The van der Waals surface area contributed by atoms with Gasteiger partial charge in [-0.25, -0.2) is 22.2 Å². The molecule has 0 aliphatic carbocycles. The van der Waals surface area contributed by atoms with Gasteiger partial charge in [0.05, 0.1) is 11.9 Å². The Hall–Kier alpha value is -1.76. The fourth-order valence-electron chi connectivity index (χ4n) is 1.28. The van der Waals surface area contributed by atoms with Gasteiger partial charge >= 0.3 is 5.22 Å². The average Bonchev–Trinajstić information content (AvgIpc) is 2.77. The summed E-state index contributed by atoms with van der Waals surface area (Å²) in [5.41, 5.74) is -0.261. The Morgan fingerprint density at radius 1 is 1.29 bits per heavy atom. The van der Waals surface area contributed by atoms with E-state index < -0.39 is 32.4 Å². The van der Waals surface area contributed by atoms with E-state index >= 15 is 0 Å². The molecule has 1 aromatic heterocycles. The number of oxazole rings is 1. The van der Waals surface area contributed by atoms with E-state index in [0.717, 1.165) is 30.7 Å². The predicted octanol–water partition coefficient (Wildman–Crippen LogP) is 1.93. The van der Waals surface area contributed by atoms with Crippen LogP contribution < -0.4 is 0 Å². The molecule has 0 radical (unpaired) electrons. The Kier molecular flexibility index (Phi) is 2.93. The second kappa shape index (κ2) is 4.25. The maximum Gasteiger partial charge on any atom is 0.315 e. The molecule has 0 atom stereocenters. The van der Waals surface area contributed by atoms with Gasteiger partial charge in [-0.2, -0.15) is 0 Å². The number of nitrogens with zero attached hydrogens (tertiary/aromatic N) is 1. The van der Waals surface area contributed by atoms with Crippen LogP contribution in [0.25, 0.3) is 0 Å². The van der Waals surface area contributed by atoms with Crippen LogP contribution in [-0.4, -0.2) is 13.4 Å². The first kappa shape index (κ1) is 11.7. The number of aromatic nitrogens is 1. The van der Waals surface area contributed by atoms with Crippen molar-refractivity contribution in [1.29, 1.82) is 0 Å². The molecule has 0 aliphatic rings. The van der Waals surface area contributed by atoms with Crippen LogP contribution in [0.4, 0.5) is 8.78 Å². The third kappa shape index (κ3) is 2.50. The van der Waals surface area contributed by atoms with Crippen molar-refractivity contribution in [3.63, 3.8) is 0 Å². The highest BCUT2D eigenvalue weighted by Gasteiger charge is 2.22. The second-order valence-electron chi connectivity index (χ2n) is 3.29. The van der Waals surface area contributed by atoms with Crippen molar-refractivity contribution < 1.29 is 21.6 Å². The molecular weight excluding hydrogens is 252 g/mol. The van der Waals surface area contributed by atoms with Gasteiger partial charge in [-0.15, -0.1) is 0 Å². The van der Waals surface area contributed by atoms with Crippen LogP contribution in [0.3, 0.4) is 0 Å². The zero-order valence-electron chi connectivity index (χ0n) is 8.43. The van der Waals surface area contributed by atoms with Crippen molar-refractivity contribution in [2.75, 3.05) is 0 Å². The lowest BCUT2D eigenvalue weighted by molar-refractivity contribution is 0.429. The summed E-state index contributed by atoms with van der Waals surface area (Å²) in [6.45, 7) is 0. The van der Waals surface area contributed by atoms with Crippen LogP contribution in [0.15, 0.2) is 40.3 Å². The normalized spacial score (nSPS) is 11.6. The number of benzene rings is 1. The van der Waals surface area contributed by atoms with Gasteiger partial charge in [0.1, 0.15) is 17.9 Å². The fourth-order valence-corrected chi connectivity index (χ4v) is 2.46. The minimum atomic E-state index is -3.89. The lowest BCUT2D eigenvalue weighted by Gasteiger charge is -2.02. The van der Waals surface area contributed by atoms with E-state index in [4.69, 9.17) is 0 Å². The number of sulfone groups is 1. The molecule has 0 aliphatic heterocycles. The smallest absolute Gasteiger partial charge is 0.315 e. The fraction of sp³-hybridized carbons (Fsp3) is 0.100. The van der Waals surface area contributed by atoms with E-state index in [1.165, 1.54) is 0 Å². The van der Waals surface area contributed by atoms with E-state index in [1.807, 2.05) is 0 Å². The molecule has 0 N–H and O–H groups in total. The molecule has 0 amide bonds. The average molecular weight is 259 g/mol. The number of rotatable bonds is 3. The van der Waals surface area contributed by atoms with Gasteiger partial charge in [-0.05, 0) is 18.2 Å². The summed E-state index contributed by atoms with van der Waals surface area (Å²) in [5, 5.41) is -0.513. The summed E-state index contributed by atoms with van der Waals surface area (Å²) in [4.78, 5) is 3.47. The first-order valence-corrected chi connectivity index (χ1v) is 6.20. The quantitative estimate of drug-likeness (QED) is 0.845. The van der Waals surface area contributed by atoms with E-state index in [9.17, 15) is 17.2 Å². The first-order valence-electron chi connectivity index (χ1n) is 4.55. The van der Waals surface area contributed by atoms with Crippen LogP contribution >= 0.6 is 0 Å². The molecule has 0 saturated carbocycles. The first-order chi connectivity index (χ1) is 7.99. The minimum absolute atomic E-state index is 0.261. The van der Waals surface area contributed by atoms with E-state index in [2.05, 4.69) is 9.40 Å². The standard InChI is InChI=1S/C10H7F2NO3S/c11-8-1-2-9(12)7(5-8)6-17(14,15)10-13-3-4-16-10/h1-5H,6H2. The van der Waals surface area contributed by atoms with Crippen molar-refractivity contribution in [3.05, 3.63) is 47.9 Å². The highest BCUT2D eigenvalue weighted by Crippen LogP contribution is 2.17. The summed E-state index contributed by atoms with van der Waals surface area (Å²) in [6, 6.07) is 2.61. The maximum absolute atomic E-state index is 13.3. The summed E-state index contributed by atoms with van der Waals surface area (Å²) in [6.07, 6.45) is 2.25. The zero-order valence-corrected chi connectivity index (χ0v) is 9.25. The molecule has 0 unspecified atom stereocenters. The highest BCUT2D eigenvalue weighted by atomic mass is 32.2. The Balaban J connectivity index is 2.36. The van der Waals surface area contributed by atoms with Crippen molar-refractivity contribution in [2.45, 2.75) is 11.0 Å². The number of hydrogen-bond acceptors (Lipinski definition) is 4. The molecule has 0 fully saturated rings. The van der Waals surface area contributed by atoms with Crippen LogP contribution in [0.2, 0.25) is 0 Å². The Morgan fingerprint density at radius 2 is 2.06 bits per heavy atom. The van der Waals surface area contributed by atoms with Crippen molar-refractivity contribution in [3.8, 4) is 0 Å². The molecule has 2 aromatic rings. The van der Waals surface area contributed by atoms with Crippen molar-refractivity contribution in [1.82, 2.24) is 4.98 Å². The largest absolute Gasteiger partial charge is 0.437 e. The molecule has 0 spiro atoms. The van der Waals surface area contributed by atoms with Crippen LogP contribution in [-0.2, 0) is 15.6 Å². The lowest BCUT2D eigenvalue weighted by Crippen LogP contribution is -2.07. The Labute approximate surface area is 95.8 Å². The monoisotopic (exact) mass is 259 g/mol. The SMILES string of the molecule is O=S(=O)(Cc1cc(F)ccc1F)c1ncco1. The summed E-state index contributed by atoms with van der Waals surface area (Å²) < 4.78 is 54.1. The van der Waals surface area contributed by atoms with Crippen LogP contribution in [0.5, 0.6) is 0 Å². The van der Waals surface area contributed by atoms with E-state index in [-0.39, 0.29) is 5.56 Å². The molecule has 0 saturated heterocycles. The van der Waals surface area contributed by atoms with Crippen LogP contribution in [0.1, 0.15) is 5.56 Å². The Bertz CT molecular complexity index is 623. The van der Waals surface area contributed by atoms with Gasteiger partial charge in [-0.1, -0.05) is 0 Å². The lowest BCUT2D eigenvalue weighted by atomic mass is 10.2. The van der Waals surface area contributed by atoms with Gasteiger partial charge in [0.2, 0.25) is 9.84 Å². The molecule has 7 heteroatoms. The third-order valence-corrected chi connectivity index (χ3v) is 3.45. The van der Waals surface area contributed by atoms with Gasteiger partial charge in [-0.3, -0.25) is 0 Å². The second-order valence-corrected chi connectivity index (χ2v) is 5.16. The molecule has 4 nitrogen and oxygen atoms in total. The molecule has 90 valence electrons. The van der Waals surface area contributed by atoms with E-state index in [0.29, 0.717) is 0 Å². The molecule has 1 heterocycles. The zero-order chi connectivity index (χ0) is 12.5. The number of hydrogen-bond donors (Lipinski definition) is 0. The minimum Gasteiger partial charge on any atom is -0.437 e. The van der Waals surface area contributed by atoms with Crippen LogP contribution in [0, 0.1) is 11.6 Å². The summed E-state index contributed by atoms with van der Waals surface area (Å²) in [7, 11) is -3.89. The van der Waals surface area contributed by atoms with Gasteiger partial charge in [0, 0.05) is 5.56 Å². The predicted molar refractivity (Wildman–Crippen MR) is 53.8 cm³/mol. The third-order valence-electron chi connectivity index (χ3n) is 2.03. The molecule has 1 aromatic carbocycles. The van der Waals surface area contributed by atoms with Gasteiger partial charge in [0.15, 0.2) is 0 Å². The van der Waals surface area contributed by atoms with Gasteiger partial charge in [0.25, 0.3) is 0 Å². The maximum atomic E-state index is 13.3. The van der Waals surface area contributed by atoms with E-state index in [1.54, 1.807) is 0 Å². The van der Waals surface area contributed by atoms with Crippen molar-refractivity contribution >= 4 is 9.84 Å². The summed E-state index contributed by atoms with van der Waals surface area (Å²) >= 11 is 0. The molecule has 2 rings (SSSR count). The number of halogens is 2. The highest BCUT2D eigenvalue weighted by molar-refractivity contribution is 7.90. The summed E-state index contributed by atoms with van der Waals surface area (Å²) in [5.74, 6) is -2.19. The van der Waals surface area contributed by atoms with Crippen molar-refractivity contribution in [2.24, 2.45) is 0 Å². The Morgan fingerprint density at radius 3 is 2.71 bits per heavy atom. The molecule has 0 bridgehead atoms.